The van der Waals surface area contributed by atoms with Crippen molar-refractivity contribution in [1.29, 1.82) is 0 Å². The third kappa shape index (κ3) is 3.60. The molecule has 0 N–H and O–H groups in total. The first-order chi connectivity index (χ1) is 16.7. The highest BCUT2D eigenvalue weighted by molar-refractivity contribution is 5.84. The van der Waals surface area contributed by atoms with Crippen LogP contribution in [0.2, 0.25) is 0 Å². The summed E-state index contributed by atoms with van der Waals surface area (Å²) in [4.78, 5) is 12.4. The number of aryl methyl sites for hydroxylation is 2. The van der Waals surface area contributed by atoms with Crippen molar-refractivity contribution in [3.05, 3.63) is 71.8 Å². The first-order valence-corrected chi connectivity index (χ1v) is 11.8. The lowest BCUT2D eigenvalue weighted by atomic mass is 10.2. The van der Waals surface area contributed by atoms with Gasteiger partial charge in [0.1, 0.15) is 11.5 Å². The number of morpholine rings is 1. The molecule has 4 heterocycles. The minimum atomic E-state index is 0.710. The molecular weight excluding hydrogens is 426 g/mol. The molecule has 0 amide bonds. The highest BCUT2D eigenvalue weighted by Crippen LogP contribution is 2.29. The van der Waals surface area contributed by atoms with Crippen LogP contribution in [0.3, 0.4) is 0 Å². The summed E-state index contributed by atoms with van der Waals surface area (Å²) in [7, 11) is 0. The molecule has 1 aliphatic heterocycles. The second kappa shape index (κ2) is 8.53. The molecule has 6 rings (SSSR count). The van der Waals surface area contributed by atoms with E-state index in [2.05, 4.69) is 69.1 Å². The van der Waals surface area contributed by atoms with E-state index in [1.54, 1.807) is 0 Å². The van der Waals surface area contributed by atoms with Crippen molar-refractivity contribution in [3.8, 4) is 11.5 Å². The summed E-state index contributed by atoms with van der Waals surface area (Å²) in [5, 5.41) is 8.59. The Labute approximate surface area is 197 Å². The molecule has 1 aliphatic rings. The van der Waals surface area contributed by atoms with Crippen LogP contribution in [0, 0.1) is 6.92 Å². The van der Waals surface area contributed by atoms with E-state index in [4.69, 9.17) is 14.7 Å². The Morgan fingerprint density at radius 2 is 1.79 bits per heavy atom. The van der Waals surface area contributed by atoms with Gasteiger partial charge < -0.3 is 14.2 Å². The van der Waals surface area contributed by atoms with Gasteiger partial charge in [0.25, 0.3) is 0 Å². The zero-order chi connectivity index (χ0) is 23.1. The van der Waals surface area contributed by atoms with Gasteiger partial charge in [-0.25, -0.2) is 9.97 Å². The lowest BCUT2D eigenvalue weighted by Crippen LogP contribution is -2.36. The van der Waals surface area contributed by atoms with Gasteiger partial charge >= 0.3 is 0 Å². The van der Waals surface area contributed by atoms with Gasteiger partial charge in [-0.2, -0.15) is 0 Å². The van der Waals surface area contributed by atoms with E-state index in [9.17, 15) is 0 Å². The fourth-order valence-electron chi connectivity index (χ4n) is 4.66. The van der Waals surface area contributed by atoms with Gasteiger partial charge in [-0.1, -0.05) is 37.3 Å². The number of hydrogen-bond acceptors (Lipinski definition) is 6. The summed E-state index contributed by atoms with van der Waals surface area (Å²) in [6, 6.07) is 17.0. The molecule has 0 unspecified atom stereocenters. The summed E-state index contributed by atoms with van der Waals surface area (Å²) in [5.41, 5.74) is 7.04. The van der Waals surface area contributed by atoms with Gasteiger partial charge in [0.15, 0.2) is 11.5 Å². The molecule has 0 spiro atoms. The lowest BCUT2D eigenvalue weighted by Gasteiger charge is -2.28. The number of imidazole rings is 1. The summed E-state index contributed by atoms with van der Waals surface area (Å²) in [6.07, 6.45) is 2.78. The normalized spacial score (nSPS) is 14.4. The van der Waals surface area contributed by atoms with Gasteiger partial charge in [0.05, 0.1) is 29.9 Å². The van der Waals surface area contributed by atoms with Crippen LogP contribution >= 0.6 is 0 Å². The van der Waals surface area contributed by atoms with Crippen LogP contribution in [0.5, 0.6) is 0 Å². The predicted octanol–water partition coefficient (Wildman–Crippen LogP) is 3.90. The SMILES string of the molecule is CCc1nc(-c2nc3ccc(N4CCOCC4)cc3n2Cc2ccccc2)cn2c(C)nnc12. The minimum Gasteiger partial charge on any atom is -0.378 e. The van der Waals surface area contributed by atoms with Crippen LogP contribution in [0.1, 0.15) is 24.0 Å². The van der Waals surface area contributed by atoms with Crippen molar-refractivity contribution in [3.63, 3.8) is 0 Å². The second-order valence-electron chi connectivity index (χ2n) is 8.65. The van der Waals surface area contributed by atoms with Crippen LogP contribution in [0.15, 0.2) is 54.7 Å². The number of hydrogen-bond donors (Lipinski definition) is 0. The molecule has 0 aliphatic carbocycles. The van der Waals surface area contributed by atoms with E-state index in [1.807, 2.05) is 23.6 Å². The van der Waals surface area contributed by atoms with E-state index >= 15 is 0 Å². The number of anilines is 1. The van der Waals surface area contributed by atoms with Crippen molar-refractivity contribution >= 4 is 22.4 Å². The summed E-state index contributed by atoms with van der Waals surface area (Å²) < 4.78 is 9.85. The monoisotopic (exact) mass is 453 g/mol. The maximum atomic E-state index is 5.55. The second-order valence-corrected chi connectivity index (χ2v) is 8.65. The van der Waals surface area contributed by atoms with E-state index in [-0.39, 0.29) is 0 Å². The van der Waals surface area contributed by atoms with E-state index in [1.165, 1.54) is 11.3 Å². The fourth-order valence-corrected chi connectivity index (χ4v) is 4.66. The molecular formula is C26H27N7O. The number of benzene rings is 2. The Morgan fingerprint density at radius 1 is 0.971 bits per heavy atom. The van der Waals surface area contributed by atoms with Gasteiger partial charge in [-0.05, 0) is 37.1 Å². The Morgan fingerprint density at radius 3 is 2.59 bits per heavy atom. The zero-order valence-corrected chi connectivity index (χ0v) is 19.5. The van der Waals surface area contributed by atoms with E-state index in [0.29, 0.717) is 6.54 Å². The maximum Gasteiger partial charge on any atom is 0.182 e. The Balaban J connectivity index is 1.55. The number of aromatic nitrogens is 6. The van der Waals surface area contributed by atoms with Crippen molar-refractivity contribution in [2.45, 2.75) is 26.8 Å². The molecule has 0 atom stereocenters. The van der Waals surface area contributed by atoms with Gasteiger partial charge in [0, 0.05) is 31.5 Å². The molecule has 1 saturated heterocycles. The minimum absolute atomic E-state index is 0.710. The molecule has 2 aromatic carbocycles. The van der Waals surface area contributed by atoms with Gasteiger partial charge in [0.2, 0.25) is 0 Å². The van der Waals surface area contributed by atoms with Crippen LogP contribution in [0.4, 0.5) is 5.69 Å². The third-order valence-corrected chi connectivity index (χ3v) is 6.49. The molecule has 8 heteroatoms. The molecule has 8 nitrogen and oxygen atoms in total. The molecule has 0 radical (unpaired) electrons. The fraction of sp³-hybridized carbons (Fsp3) is 0.308. The van der Waals surface area contributed by atoms with Crippen LogP contribution in [0.25, 0.3) is 28.2 Å². The molecule has 0 saturated carbocycles. The molecule has 5 aromatic rings. The molecule has 34 heavy (non-hydrogen) atoms. The molecule has 0 bridgehead atoms. The van der Waals surface area contributed by atoms with Crippen molar-refractivity contribution in [1.82, 2.24) is 29.1 Å². The largest absolute Gasteiger partial charge is 0.378 e. The topological polar surface area (TPSA) is 73.4 Å². The average Bonchev–Trinajstić information content (AvgIpc) is 3.44. The summed E-state index contributed by atoms with van der Waals surface area (Å²) in [5.74, 6) is 1.69. The quantitative estimate of drug-likeness (QED) is 0.402. The number of rotatable bonds is 5. The average molecular weight is 454 g/mol. The third-order valence-electron chi connectivity index (χ3n) is 6.49. The number of fused-ring (bicyclic) bond motifs is 2. The van der Waals surface area contributed by atoms with Crippen molar-refractivity contribution in [2.24, 2.45) is 0 Å². The first-order valence-electron chi connectivity index (χ1n) is 11.8. The van der Waals surface area contributed by atoms with Gasteiger partial charge in [-0.15, -0.1) is 10.2 Å². The summed E-state index contributed by atoms with van der Waals surface area (Å²) in [6.45, 7) is 8.08. The Hall–Kier alpha value is -3.78. The Bertz CT molecular complexity index is 1470. The predicted molar refractivity (Wildman–Crippen MR) is 132 cm³/mol. The van der Waals surface area contributed by atoms with Crippen molar-refractivity contribution in [2.75, 3.05) is 31.2 Å². The van der Waals surface area contributed by atoms with E-state index < -0.39 is 0 Å². The standard InChI is InChI=1S/C26H27N7O/c1-3-21-26-30-29-18(2)32(26)17-23(27-21)25-28-22-10-9-20(31-11-13-34-14-12-31)15-24(22)33(25)16-19-7-5-4-6-8-19/h4-10,15,17H,3,11-14,16H2,1-2H3. The first kappa shape index (κ1) is 20.8. The highest BCUT2D eigenvalue weighted by atomic mass is 16.5. The smallest absolute Gasteiger partial charge is 0.182 e. The lowest BCUT2D eigenvalue weighted by molar-refractivity contribution is 0.122. The van der Waals surface area contributed by atoms with Crippen LogP contribution in [-0.2, 0) is 17.7 Å². The maximum absolute atomic E-state index is 5.55. The van der Waals surface area contributed by atoms with E-state index in [0.717, 1.165) is 72.4 Å². The van der Waals surface area contributed by atoms with Crippen molar-refractivity contribution < 1.29 is 4.74 Å². The van der Waals surface area contributed by atoms with Crippen LogP contribution in [-0.4, -0.2) is 55.4 Å². The van der Waals surface area contributed by atoms with Gasteiger partial charge in [-0.3, -0.25) is 4.40 Å². The summed E-state index contributed by atoms with van der Waals surface area (Å²) >= 11 is 0. The Kier molecular flexibility index (Phi) is 5.22. The number of nitrogens with zero attached hydrogens (tertiary/aromatic N) is 7. The zero-order valence-electron chi connectivity index (χ0n) is 19.5. The molecule has 1 fully saturated rings. The van der Waals surface area contributed by atoms with Crippen LogP contribution < -0.4 is 4.90 Å². The molecule has 172 valence electrons. The highest BCUT2D eigenvalue weighted by Gasteiger charge is 2.19. The number of ether oxygens (including phenoxy) is 1. The molecule has 3 aromatic heterocycles.